The number of nitrogens with zero attached hydrogens (tertiary/aromatic N) is 2. The van der Waals surface area contributed by atoms with Crippen molar-refractivity contribution in [3.05, 3.63) is 101 Å². The first-order valence-corrected chi connectivity index (χ1v) is 14.1. The van der Waals surface area contributed by atoms with E-state index in [-0.39, 0.29) is 17.3 Å². The van der Waals surface area contributed by atoms with Crippen molar-refractivity contribution in [1.29, 1.82) is 0 Å². The van der Waals surface area contributed by atoms with E-state index in [1.807, 2.05) is 6.92 Å². The standard InChI is InChI=1S/C27H22ClN3O5S2/c1-17-5-11-21(12-6-17)38(33,34)30-19-9-7-18(8-10-19)26(32)31(16-20-4-3-15-36-20)27-29-24-23(35-2)14-13-22(28)25(24)37-27/h3-15,30H,16H2,1-2H3. The summed E-state index contributed by atoms with van der Waals surface area (Å²) in [5.74, 6) is 0.768. The van der Waals surface area contributed by atoms with Gasteiger partial charge in [-0.3, -0.25) is 14.4 Å². The fraction of sp³-hybridized carbons (Fsp3) is 0.111. The van der Waals surface area contributed by atoms with Crippen LogP contribution in [0.2, 0.25) is 5.02 Å². The molecule has 1 N–H and O–H groups in total. The summed E-state index contributed by atoms with van der Waals surface area (Å²) in [7, 11) is -2.23. The lowest BCUT2D eigenvalue weighted by Gasteiger charge is -2.19. The van der Waals surface area contributed by atoms with Crippen LogP contribution in [0.3, 0.4) is 0 Å². The Labute approximate surface area is 228 Å². The molecule has 0 bridgehead atoms. The minimum atomic E-state index is -3.77. The number of methoxy groups -OCH3 is 1. The van der Waals surface area contributed by atoms with Crippen LogP contribution in [0.1, 0.15) is 21.7 Å². The van der Waals surface area contributed by atoms with E-state index < -0.39 is 10.0 Å². The number of amides is 1. The van der Waals surface area contributed by atoms with Crippen LogP contribution < -0.4 is 14.4 Å². The van der Waals surface area contributed by atoms with Crippen molar-refractivity contribution in [3.63, 3.8) is 0 Å². The average molecular weight is 568 g/mol. The fourth-order valence-electron chi connectivity index (χ4n) is 3.77. The molecule has 0 radical (unpaired) electrons. The Morgan fingerprint density at radius 1 is 1.08 bits per heavy atom. The van der Waals surface area contributed by atoms with Crippen LogP contribution in [-0.4, -0.2) is 26.4 Å². The summed E-state index contributed by atoms with van der Waals surface area (Å²) in [6, 6.07) is 19.7. The molecule has 11 heteroatoms. The Bertz CT molecular complexity index is 1700. The number of furan rings is 1. The molecule has 0 atom stereocenters. The number of hydrogen-bond donors (Lipinski definition) is 1. The highest BCUT2D eigenvalue weighted by Crippen LogP contribution is 2.39. The number of ether oxygens (including phenoxy) is 1. The smallest absolute Gasteiger partial charge is 0.261 e. The van der Waals surface area contributed by atoms with E-state index in [4.69, 9.17) is 20.8 Å². The average Bonchev–Trinajstić information content (AvgIpc) is 3.58. The summed E-state index contributed by atoms with van der Waals surface area (Å²) in [4.78, 5) is 20.0. The summed E-state index contributed by atoms with van der Waals surface area (Å²) in [6.45, 7) is 2.02. The van der Waals surface area contributed by atoms with Crippen molar-refractivity contribution in [2.24, 2.45) is 0 Å². The minimum absolute atomic E-state index is 0.132. The molecule has 0 unspecified atom stereocenters. The molecule has 5 rings (SSSR count). The minimum Gasteiger partial charge on any atom is -0.494 e. The molecule has 0 aliphatic rings. The summed E-state index contributed by atoms with van der Waals surface area (Å²) in [6.07, 6.45) is 1.53. The Balaban J connectivity index is 1.45. The van der Waals surface area contributed by atoms with Crippen LogP contribution in [0.15, 0.2) is 88.4 Å². The number of aryl methyl sites for hydroxylation is 1. The molecule has 0 spiro atoms. The number of fused-ring (bicyclic) bond motifs is 1. The number of aromatic nitrogens is 1. The summed E-state index contributed by atoms with van der Waals surface area (Å²) in [5.41, 5.74) is 2.18. The van der Waals surface area contributed by atoms with Gasteiger partial charge in [0.05, 0.1) is 34.5 Å². The largest absolute Gasteiger partial charge is 0.494 e. The SMILES string of the molecule is COc1ccc(Cl)c2sc(N(Cc3ccco3)C(=O)c3ccc(NS(=O)(=O)c4ccc(C)cc4)cc3)nc12. The van der Waals surface area contributed by atoms with E-state index in [1.54, 1.807) is 79.9 Å². The first-order valence-electron chi connectivity index (χ1n) is 11.4. The van der Waals surface area contributed by atoms with Crippen molar-refractivity contribution in [3.8, 4) is 5.75 Å². The fourth-order valence-corrected chi connectivity index (χ4v) is 6.09. The second kappa shape index (κ2) is 10.5. The van der Waals surface area contributed by atoms with E-state index in [9.17, 15) is 13.2 Å². The maximum absolute atomic E-state index is 13.7. The number of hydrogen-bond acceptors (Lipinski definition) is 7. The van der Waals surface area contributed by atoms with Gasteiger partial charge >= 0.3 is 0 Å². The monoisotopic (exact) mass is 567 g/mol. The molecule has 2 aromatic heterocycles. The number of rotatable bonds is 8. The van der Waals surface area contributed by atoms with Crippen molar-refractivity contribution in [2.75, 3.05) is 16.7 Å². The number of sulfonamides is 1. The van der Waals surface area contributed by atoms with Gasteiger partial charge in [0.2, 0.25) is 0 Å². The van der Waals surface area contributed by atoms with Gasteiger partial charge in [0.25, 0.3) is 15.9 Å². The maximum atomic E-state index is 13.7. The van der Waals surface area contributed by atoms with Crippen LogP contribution in [-0.2, 0) is 16.6 Å². The molecule has 0 saturated heterocycles. The second-order valence-corrected chi connectivity index (χ2v) is 11.5. The Morgan fingerprint density at radius 2 is 1.82 bits per heavy atom. The van der Waals surface area contributed by atoms with E-state index in [2.05, 4.69) is 9.71 Å². The highest BCUT2D eigenvalue weighted by molar-refractivity contribution is 7.92. The van der Waals surface area contributed by atoms with Gasteiger partial charge in [-0.1, -0.05) is 40.6 Å². The Hall–Kier alpha value is -3.86. The highest BCUT2D eigenvalue weighted by atomic mass is 35.5. The lowest BCUT2D eigenvalue weighted by molar-refractivity contribution is 0.0983. The molecule has 0 saturated carbocycles. The Kier molecular flexibility index (Phi) is 7.11. The van der Waals surface area contributed by atoms with Gasteiger partial charge in [-0.25, -0.2) is 13.4 Å². The van der Waals surface area contributed by atoms with Crippen LogP contribution in [0.25, 0.3) is 10.2 Å². The molecular formula is C27H22ClN3O5S2. The molecule has 2 heterocycles. The maximum Gasteiger partial charge on any atom is 0.261 e. The summed E-state index contributed by atoms with van der Waals surface area (Å²) >= 11 is 7.67. The number of anilines is 2. The number of benzene rings is 3. The van der Waals surface area contributed by atoms with Crippen LogP contribution >= 0.6 is 22.9 Å². The third-order valence-corrected chi connectivity index (χ3v) is 8.69. The number of nitrogens with one attached hydrogen (secondary N) is 1. The Morgan fingerprint density at radius 3 is 2.47 bits per heavy atom. The first-order chi connectivity index (χ1) is 18.2. The lowest BCUT2D eigenvalue weighted by Crippen LogP contribution is -2.30. The molecule has 0 aliphatic carbocycles. The van der Waals surface area contributed by atoms with Crippen molar-refractivity contribution < 1.29 is 22.4 Å². The van der Waals surface area contributed by atoms with Crippen molar-refractivity contribution in [1.82, 2.24) is 4.98 Å². The van der Waals surface area contributed by atoms with Crippen molar-refractivity contribution in [2.45, 2.75) is 18.4 Å². The summed E-state index contributed by atoms with van der Waals surface area (Å²) < 4.78 is 39.6. The predicted molar refractivity (Wildman–Crippen MR) is 149 cm³/mol. The van der Waals surface area contributed by atoms with Crippen LogP contribution in [0, 0.1) is 6.92 Å². The normalized spacial score (nSPS) is 11.4. The molecule has 194 valence electrons. The zero-order chi connectivity index (χ0) is 26.9. The van der Waals surface area contributed by atoms with Gasteiger partial charge < -0.3 is 9.15 Å². The summed E-state index contributed by atoms with van der Waals surface area (Å²) in [5, 5.41) is 0.914. The molecule has 38 heavy (non-hydrogen) atoms. The molecular weight excluding hydrogens is 546 g/mol. The first kappa shape index (κ1) is 25.8. The number of thiazole rings is 1. The third-order valence-electron chi connectivity index (χ3n) is 5.75. The van der Waals surface area contributed by atoms with Gasteiger partial charge in [0.15, 0.2) is 5.13 Å². The molecule has 1 amide bonds. The number of halogens is 1. The zero-order valence-corrected chi connectivity index (χ0v) is 22.7. The molecule has 8 nitrogen and oxygen atoms in total. The second-order valence-electron chi connectivity index (χ2n) is 8.39. The van der Waals surface area contributed by atoms with Crippen molar-refractivity contribution >= 4 is 59.9 Å². The van der Waals surface area contributed by atoms with Gasteiger partial charge in [-0.2, -0.15) is 0 Å². The molecule has 5 aromatic rings. The molecule has 3 aromatic carbocycles. The topological polar surface area (TPSA) is 102 Å². The third kappa shape index (κ3) is 5.24. The van der Waals surface area contributed by atoms with Gasteiger partial charge in [-0.05, 0) is 67.6 Å². The van der Waals surface area contributed by atoms with E-state index >= 15 is 0 Å². The number of carbonyl (C=O) groups excluding carboxylic acids is 1. The van der Waals surface area contributed by atoms with Gasteiger partial charge in [-0.15, -0.1) is 0 Å². The van der Waals surface area contributed by atoms with E-state index in [1.165, 1.54) is 22.5 Å². The van der Waals surface area contributed by atoms with E-state index in [0.717, 1.165) is 5.56 Å². The molecule has 0 aliphatic heterocycles. The lowest BCUT2D eigenvalue weighted by atomic mass is 10.2. The molecule has 0 fully saturated rings. The van der Waals surface area contributed by atoms with Crippen LogP contribution in [0.4, 0.5) is 10.8 Å². The zero-order valence-electron chi connectivity index (χ0n) is 20.3. The van der Waals surface area contributed by atoms with Gasteiger partial charge in [0, 0.05) is 11.3 Å². The highest BCUT2D eigenvalue weighted by Gasteiger charge is 2.25. The van der Waals surface area contributed by atoms with E-state index in [0.29, 0.717) is 43.1 Å². The van der Waals surface area contributed by atoms with Crippen LogP contribution in [0.5, 0.6) is 5.75 Å². The quantitative estimate of drug-likeness (QED) is 0.229. The predicted octanol–water partition coefficient (Wildman–Crippen LogP) is 6.51. The van der Waals surface area contributed by atoms with Gasteiger partial charge in [0.1, 0.15) is 17.0 Å². The number of carbonyl (C=O) groups is 1.